The van der Waals surface area contributed by atoms with Crippen molar-refractivity contribution in [3.63, 3.8) is 0 Å². The van der Waals surface area contributed by atoms with Gasteiger partial charge >= 0.3 is 0 Å². The molecule has 3 heterocycles. The number of pyridine rings is 1. The lowest BCUT2D eigenvalue weighted by Gasteiger charge is -2.56. The Morgan fingerprint density at radius 1 is 1.21 bits per heavy atom. The highest BCUT2D eigenvalue weighted by molar-refractivity contribution is 7.13. The zero-order valence-electron chi connectivity index (χ0n) is 16.7. The summed E-state index contributed by atoms with van der Waals surface area (Å²) >= 11 is 1.72. The van der Waals surface area contributed by atoms with E-state index < -0.39 is 0 Å². The molecule has 0 aromatic carbocycles. The molecule has 0 saturated heterocycles. The number of carbonyl (C=O) groups is 1. The molecule has 6 heteroatoms. The topological polar surface area (TPSA) is 59.8 Å². The average molecular weight is 407 g/mol. The van der Waals surface area contributed by atoms with E-state index in [-0.39, 0.29) is 18.0 Å². The standard InChI is InChI=1S/C23H26N4OS/c1-14-21-18(19-3-2-6-29-19)4-5-24-22(21)27(26-14)13-20(28)25-23-10-15-7-16(11-23)9-17(8-15)12-23/h2-6,15-17H,7-13H2,1H3,(H,25,28). The van der Waals surface area contributed by atoms with Gasteiger partial charge in [0.25, 0.3) is 0 Å². The van der Waals surface area contributed by atoms with Crippen LogP contribution in [-0.2, 0) is 11.3 Å². The van der Waals surface area contributed by atoms with E-state index in [1.807, 2.05) is 19.2 Å². The molecule has 29 heavy (non-hydrogen) atoms. The molecule has 5 nitrogen and oxygen atoms in total. The molecule has 4 aliphatic carbocycles. The molecule has 0 atom stereocenters. The zero-order valence-corrected chi connectivity index (χ0v) is 17.5. The summed E-state index contributed by atoms with van der Waals surface area (Å²) in [4.78, 5) is 18.8. The summed E-state index contributed by atoms with van der Waals surface area (Å²) in [5.41, 5.74) is 2.92. The molecule has 1 N–H and O–H groups in total. The maximum atomic E-state index is 13.1. The minimum Gasteiger partial charge on any atom is -0.349 e. The molecule has 4 bridgehead atoms. The van der Waals surface area contributed by atoms with Crippen LogP contribution in [0.1, 0.15) is 44.2 Å². The molecule has 0 radical (unpaired) electrons. The first-order valence-corrected chi connectivity index (χ1v) is 11.6. The Hall–Kier alpha value is -2.21. The summed E-state index contributed by atoms with van der Waals surface area (Å²) in [7, 11) is 0. The van der Waals surface area contributed by atoms with Crippen molar-refractivity contribution in [3.8, 4) is 10.4 Å². The number of nitrogens with one attached hydrogen (secondary N) is 1. The Morgan fingerprint density at radius 2 is 1.93 bits per heavy atom. The lowest BCUT2D eigenvalue weighted by Crippen LogP contribution is -2.60. The molecule has 3 aromatic heterocycles. The molecule has 0 aliphatic heterocycles. The first-order valence-electron chi connectivity index (χ1n) is 10.8. The second-order valence-electron chi connectivity index (χ2n) is 9.52. The maximum absolute atomic E-state index is 13.1. The molecule has 0 unspecified atom stereocenters. The predicted octanol–water partition coefficient (Wildman–Crippen LogP) is 4.55. The number of carbonyl (C=O) groups excluding carboxylic acids is 1. The molecule has 150 valence electrons. The monoisotopic (exact) mass is 406 g/mol. The first-order chi connectivity index (χ1) is 14.1. The highest BCUT2D eigenvalue weighted by Gasteiger charge is 2.51. The van der Waals surface area contributed by atoms with Gasteiger partial charge in [-0.25, -0.2) is 9.67 Å². The summed E-state index contributed by atoms with van der Waals surface area (Å²) in [5, 5.41) is 11.3. The van der Waals surface area contributed by atoms with Crippen molar-refractivity contribution < 1.29 is 4.79 Å². The van der Waals surface area contributed by atoms with Gasteiger partial charge in [-0.2, -0.15) is 5.10 Å². The number of hydrogen-bond acceptors (Lipinski definition) is 4. The molecular formula is C23H26N4OS. The van der Waals surface area contributed by atoms with Crippen molar-refractivity contribution >= 4 is 28.3 Å². The van der Waals surface area contributed by atoms with E-state index in [0.29, 0.717) is 0 Å². The Labute approximate surface area is 174 Å². The van der Waals surface area contributed by atoms with Crippen molar-refractivity contribution in [1.82, 2.24) is 20.1 Å². The number of fused-ring (bicyclic) bond motifs is 1. The number of aromatic nitrogens is 3. The van der Waals surface area contributed by atoms with Gasteiger partial charge in [0.2, 0.25) is 5.91 Å². The lowest BCUT2D eigenvalue weighted by molar-refractivity contribution is -0.127. The quantitative estimate of drug-likeness (QED) is 0.691. The largest absolute Gasteiger partial charge is 0.349 e. The Kier molecular flexibility index (Phi) is 3.89. The molecule has 3 aromatic rings. The number of thiophene rings is 1. The van der Waals surface area contributed by atoms with Crippen molar-refractivity contribution in [2.24, 2.45) is 17.8 Å². The Morgan fingerprint density at radius 3 is 2.59 bits per heavy atom. The first kappa shape index (κ1) is 17.6. The van der Waals surface area contributed by atoms with Crippen LogP contribution in [0.5, 0.6) is 0 Å². The van der Waals surface area contributed by atoms with Crippen LogP contribution in [0.15, 0.2) is 29.8 Å². The summed E-state index contributed by atoms with van der Waals surface area (Å²) in [5.74, 6) is 2.55. The molecule has 0 spiro atoms. The Balaban J connectivity index is 1.27. The van der Waals surface area contributed by atoms with Crippen molar-refractivity contribution in [1.29, 1.82) is 0 Å². The van der Waals surface area contributed by atoms with Crippen molar-refractivity contribution in [2.45, 2.75) is 57.5 Å². The number of hydrogen-bond donors (Lipinski definition) is 1. The molecule has 4 saturated carbocycles. The van der Waals surface area contributed by atoms with E-state index in [2.05, 4.69) is 27.8 Å². The third-order valence-electron chi connectivity index (χ3n) is 7.33. The highest BCUT2D eigenvalue weighted by Crippen LogP contribution is 2.55. The van der Waals surface area contributed by atoms with Gasteiger partial charge in [-0.15, -0.1) is 11.3 Å². The fourth-order valence-electron chi connectivity index (χ4n) is 6.76. The van der Waals surface area contributed by atoms with Crippen molar-refractivity contribution in [3.05, 3.63) is 35.5 Å². The molecule has 7 rings (SSSR count). The van der Waals surface area contributed by atoms with Gasteiger partial charge in [0.1, 0.15) is 6.54 Å². The summed E-state index contributed by atoms with van der Waals surface area (Å²) in [6.45, 7) is 2.25. The number of rotatable bonds is 4. The van der Waals surface area contributed by atoms with Gasteiger partial charge in [-0.1, -0.05) is 6.07 Å². The second kappa shape index (κ2) is 6.39. The normalized spacial score (nSPS) is 30.2. The molecular weight excluding hydrogens is 380 g/mol. The molecule has 4 fully saturated rings. The van der Waals surface area contributed by atoms with Crippen LogP contribution in [0.25, 0.3) is 21.5 Å². The van der Waals surface area contributed by atoms with Crippen LogP contribution in [0.2, 0.25) is 0 Å². The molecule has 1 amide bonds. The lowest BCUT2D eigenvalue weighted by atomic mass is 9.53. The fraction of sp³-hybridized carbons (Fsp3) is 0.522. The smallest absolute Gasteiger partial charge is 0.242 e. The maximum Gasteiger partial charge on any atom is 0.242 e. The summed E-state index contributed by atoms with van der Waals surface area (Å²) < 4.78 is 1.79. The third-order valence-corrected chi connectivity index (χ3v) is 8.23. The number of aryl methyl sites for hydroxylation is 1. The van der Waals surface area contributed by atoms with Gasteiger partial charge in [-0.05, 0) is 80.7 Å². The third kappa shape index (κ3) is 2.91. The van der Waals surface area contributed by atoms with Crippen LogP contribution in [-0.4, -0.2) is 26.2 Å². The van der Waals surface area contributed by atoms with E-state index >= 15 is 0 Å². The van der Waals surface area contributed by atoms with Gasteiger partial charge in [0, 0.05) is 22.2 Å². The van der Waals surface area contributed by atoms with Crippen LogP contribution in [0.4, 0.5) is 0 Å². The summed E-state index contributed by atoms with van der Waals surface area (Å²) in [6, 6.07) is 6.23. The SMILES string of the molecule is Cc1nn(CC(=O)NC23CC4CC(CC(C4)C2)C3)c2nccc(-c3cccs3)c12. The average Bonchev–Trinajstić information content (AvgIpc) is 3.29. The highest BCUT2D eigenvalue weighted by atomic mass is 32.1. The minimum absolute atomic E-state index is 0.0411. The van der Waals surface area contributed by atoms with Crippen molar-refractivity contribution in [2.75, 3.05) is 0 Å². The molecule has 4 aliphatic rings. The number of amides is 1. The van der Waals surface area contributed by atoms with Gasteiger partial charge in [0.05, 0.1) is 11.1 Å². The van der Waals surface area contributed by atoms with Gasteiger partial charge in [-0.3, -0.25) is 4.79 Å². The number of nitrogens with zero attached hydrogens (tertiary/aromatic N) is 3. The van der Waals surface area contributed by atoms with E-state index in [0.717, 1.165) is 40.0 Å². The van der Waals surface area contributed by atoms with Crippen LogP contribution in [0, 0.1) is 24.7 Å². The zero-order chi connectivity index (χ0) is 19.6. The van der Waals surface area contributed by atoms with E-state index in [1.54, 1.807) is 16.0 Å². The second-order valence-corrected chi connectivity index (χ2v) is 10.5. The van der Waals surface area contributed by atoms with Crippen LogP contribution in [0.3, 0.4) is 0 Å². The van der Waals surface area contributed by atoms with E-state index in [9.17, 15) is 4.79 Å². The minimum atomic E-state index is 0.0411. The predicted molar refractivity (Wildman–Crippen MR) is 115 cm³/mol. The van der Waals surface area contributed by atoms with E-state index in [4.69, 9.17) is 5.10 Å². The van der Waals surface area contributed by atoms with Crippen LogP contribution >= 0.6 is 11.3 Å². The Bertz CT molecular complexity index is 1050. The fourth-order valence-corrected chi connectivity index (χ4v) is 7.52. The van der Waals surface area contributed by atoms with E-state index in [1.165, 1.54) is 43.4 Å². The van der Waals surface area contributed by atoms with Crippen LogP contribution < -0.4 is 5.32 Å². The van der Waals surface area contributed by atoms with Gasteiger partial charge in [0.15, 0.2) is 5.65 Å². The summed E-state index contributed by atoms with van der Waals surface area (Å²) in [6.07, 6.45) is 9.49. The van der Waals surface area contributed by atoms with Gasteiger partial charge < -0.3 is 5.32 Å².